The van der Waals surface area contributed by atoms with Crippen LogP contribution in [-0.4, -0.2) is 32.8 Å². The van der Waals surface area contributed by atoms with E-state index in [1.54, 1.807) is 12.1 Å². The second-order valence-electron chi connectivity index (χ2n) is 4.25. The van der Waals surface area contributed by atoms with Crippen LogP contribution in [-0.2, 0) is 4.74 Å². The minimum atomic E-state index is -0.433. The van der Waals surface area contributed by atoms with Crippen LogP contribution in [0.5, 0.6) is 0 Å². The molecule has 2 aromatic heterocycles. The van der Waals surface area contributed by atoms with Gasteiger partial charge in [-0.3, -0.25) is 4.57 Å². The molecular formula is C12H14N4O3S. The van der Waals surface area contributed by atoms with Crippen LogP contribution in [0.2, 0.25) is 0 Å². The van der Waals surface area contributed by atoms with Gasteiger partial charge in [-0.1, -0.05) is 0 Å². The Morgan fingerprint density at radius 1 is 1.50 bits per heavy atom. The molecule has 0 bridgehead atoms. The van der Waals surface area contributed by atoms with E-state index in [2.05, 4.69) is 19.9 Å². The first kappa shape index (κ1) is 14.3. The van der Waals surface area contributed by atoms with Gasteiger partial charge in [0.25, 0.3) is 0 Å². The Hall–Kier alpha value is -2.09. The molecule has 0 atom stereocenters. The zero-order valence-corrected chi connectivity index (χ0v) is 12.1. The molecule has 8 heteroatoms. The van der Waals surface area contributed by atoms with Gasteiger partial charge in [-0.25, -0.2) is 19.7 Å². The third kappa shape index (κ3) is 2.90. The fourth-order valence-corrected chi connectivity index (χ4v) is 2.59. The van der Waals surface area contributed by atoms with Crippen molar-refractivity contribution in [1.82, 2.24) is 19.7 Å². The summed E-state index contributed by atoms with van der Waals surface area (Å²) in [6.07, 6.45) is 1.51. The summed E-state index contributed by atoms with van der Waals surface area (Å²) >= 11 is 1.21. The molecule has 106 valence electrons. The van der Waals surface area contributed by atoms with E-state index in [0.717, 1.165) is 0 Å². The first-order valence-electron chi connectivity index (χ1n) is 5.92. The van der Waals surface area contributed by atoms with Crippen LogP contribution in [0, 0.1) is 0 Å². The number of aromatic nitrogens is 4. The summed E-state index contributed by atoms with van der Waals surface area (Å²) in [6, 6.07) is 3.14. The van der Waals surface area contributed by atoms with E-state index in [9.17, 15) is 9.59 Å². The van der Waals surface area contributed by atoms with Crippen molar-refractivity contribution in [3.05, 3.63) is 34.4 Å². The van der Waals surface area contributed by atoms with Gasteiger partial charge < -0.3 is 4.74 Å². The predicted octanol–water partition coefficient (Wildman–Crippen LogP) is 1.49. The summed E-state index contributed by atoms with van der Waals surface area (Å²) in [4.78, 5) is 27.2. The van der Waals surface area contributed by atoms with Gasteiger partial charge in [0.05, 0.1) is 12.7 Å². The number of hydrogen-bond acceptors (Lipinski definition) is 6. The molecule has 2 heterocycles. The summed E-state index contributed by atoms with van der Waals surface area (Å²) in [7, 11) is 1.32. The molecule has 20 heavy (non-hydrogen) atoms. The van der Waals surface area contributed by atoms with Crippen molar-refractivity contribution in [2.45, 2.75) is 30.1 Å². The zero-order chi connectivity index (χ0) is 14.7. The first-order valence-corrected chi connectivity index (χ1v) is 6.73. The number of esters is 1. The molecule has 0 fully saturated rings. The SMILES string of the molecule is COC(=O)c1ccnc(Sc2n[nH]c(=O)n2C(C)C)c1. The number of hydrogen-bond donors (Lipinski definition) is 1. The molecule has 2 aromatic rings. The van der Waals surface area contributed by atoms with Crippen LogP contribution in [0.1, 0.15) is 30.2 Å². The lowest BCUT2D eigenvalue weighted by Crippen LogP contribution is -2.19. The Morgan fingerprint density at radius 2 is 2.25 bits per heavy atom. The molecule has 0 aromatic carbocycles. The highest BCUT2D eigenvalue weighted by Crippen LogP contribution is 2.25. The van der Waals surface area contributed by atoms with Crippen molar-refractivity contribution >= 4 is 17.7 Å². The number of nitrogens with one attached hydrogen (secondary N) is 1. The normalized spacial score (nSPS) is 10.8. The van der Waals surface area contributed by atoms with Crippen molar-refractivity contribution in [3.8, 4) is 0 Å². The second-order valence-corrected chi connectivity index (χ2v) is 5.24. The quantitative estimate of drug-likeness (QED) is 0.859. The lowest BCUT2D eigenvalue weighted by molar-refractivity contribution is 0.0600. The van der Waals surface area contributed by atoms with Gasteiger partial charge in [0.1, 0.15) is 5.03 Å². The van der Waals surface area contributed by atoms with Crippen LogP contribution < -0.4 is 5.69 Å². The Balaban J connectivity index is 2.31. The van der Waals surface area contributed by atoms with Crippen LogP contribution >= 0.6 is 11.8 Å². The van der Waals surface area contributed by atoms with Crippen molar-refractivity contribution in [3.63, 3.8) is 0 Å². The topological polar surface area (TPSA) is 89.9 Å². The fraction of sp³-hybridized carbons (Fsp3) is 0.333. The minimum absolute atomic E-state index is 0.0208. The molecule has 2 rings (SSSR count). The van der Waals surface area contributed by atoms with Crippen molar-refractivity contribution in [1.29, 1.82) is 0 Å². The first-order chi connectivity index (χ1) is 9.52. The number of methoxy groups -OCH3 is 1. The average Bonchev–Trinajstić information content (AvgIpc) is 2.79. The van der Waals surface area contributed by atoms with Gasteiger partial charge in [0.15, 0.2) is 5.16 Å². The predicted molar refractivity (Wildman–Crippen MR) is 72.9 cm³/mol. The molecule has 0 aliphatic heterocycles. The van der Waals surface area contributed by atoms with E-state index in [-0.39, 0.29) is 11.7 Å². The van der Waals surface area contributed by atoms with Gasteiger partial charge in [0, 0.05) is 12.2 Å². The van der Waals surface area contributed by atoms with Crippen LogP contribution in [0.25, 0.3) is 0 Å². The Morgan fingerprint density at radius 3 is 2.90 bits per heavy atom. The van der Waals surface area contributed by atoms with E-state index >= 15 is 0 Å². The van der Waals surface area contributed by atoms with Crippen LogP contribution in [0.4, 0.5) is 0 Å². The number of H-pyrrole nitrogens is 1. The number of aromatic amines is 1. The number of carbonyl (C=O) groups excluding carboxylic acids is 1. The van der Waals surface area contributed by atoms with Gasteiger partial charge in [-0.2, -0.15) is 0 Å². The Labute approximate surface area is 119 Å². The van der Waals surface area contributed by atoms with E-state index in [0.29, 0.717) is 15.7 Å². The molecule has 0 aliphatic rings. The highest BCUT2D eigenvalue weighted by molar-refractivity contribution is 7.99. The summed E-state index contributed by atoms with van der Waals surface area (Å²) < 4.78 is 6.18. The molecule has 1 N–H and O–H groups in total. The van der Waals surface area contributed by atoms with E-state index in [1.807, 2.05) is 13.8 Å². The smallest absolute Gasteiger partial charge is 0.344 e. The lowest BCUT2D eigenvalue weighted by Gasteiger charge is -2.08. The number of ether oxygens (including phenoxy) is 1. The number of carbonyl (C=O) groups is 1. The average molecular weight is 294 g/mol. The standard InChI is InChI=1S/C12H14N4O3S/c1-7(2)16-11(18)14-15-12(16)20-9-6-8(4-5-13-9)10(17)19-3/h4-7H,1-3H3,(H,14,18). The maximum absolute atomic E-state index is 11.6. The second kappa shape index (κ2) is 5.91. The van der Waals surface area contributed by atoms with Crippen LogP contribution in [0.15, 0.2) is 33.3 Å². The summed E-state index contributed by atoms with van der Waals surface area (Å²) in [5.41, 5.74) is 0.130. The summed E-state index contributed by atoms with van der Waals surface area (Å²) in [5, 5.41) is 7.43. The summed E-state index contributed by atoms with van der Waals surface area (Å²) in [5.74, 6) is -0.433. The third-order valence-corrected chi connectivity index (χ3v) is 3.44. The van der Waals surface area contributed by atoms with E-state index in [1.165, 1.54) is 29.6 Å². The highest BCUT2D eigenvalue weighted by atomic mass is 32.2. The van der Waals surface area contributed by atoms with Crippen LogP contribution in [0.3, 0.4) is 0 Å². The molecule has 0 unspecified atom stereocenters. The summed E-state index contributed by atoms with van der Waals surface area (Å²) in [6.45, 7) is 3.78. The van der Waals surface area contributed by atoms with Gasteiger partial charge >= 0.3 is 11.7 Å². The number of nitrogens with zero attached hydrogens (tertiary/aromatic N) is 3. The maximum Gasteiger partial charge on any atom is 0.344 e. The molecule has 0 saturated heterocycles. The molecule has 0 spiro atoms. The van der Waals surface area contributed by atoms with Crippen molar-refractivity contribution < 1.29 is 9.53 Å². The van der Waals surface area contributed by atoms with E-state index in [4.69, 9.17) is 0 Å². The third-order valence-electron chi connectivity index (χ3n) is 2.54. The maximum atomic E-state index is 11.6. The van der Waals surface area contributed by atoms with E-state index < -0.39 is 5.97 Å². The lowest BCUT2D eigenvalue weighted by atomic mass is 10.3. The molecule has 0 radical (unpaired) electrons. The molecular weight excluding hydrogens is 280 g/mol. The van der Waals surface area contributed by atoms with Gasteiger partial charge in [-0.15, -0.1) is 5.10 Å². The van der Waals surface area contributed by atoms with Crippen molar-refractivity contribution in [2.24, 2.45) is 0 Å². The molecule has 7 nitrogen and oxygen atoms in total. The Kier molecular flexibility index (Phi) is 4.23. The Bertz CT molecular complexity index is 677. The van der Waals surface area contributed by atoms with Gasteiger partial charge in [-0.05, 0) is 37.7 Å². The van der Waals surface area contributed by atoms with Crippen molar-refractivity contribution in [2.75, 3.05) is 7.11 Å². The number of pyridine rings is 1. The fourth-order valence-electron chi connectivity index (χ4n) is 1.62. The highest BCUT2D eigenvalue weighted by Gasteiger charge is 2.14. The zero-order valence-electron chi connectivity index (χ0n) is 11.3. The molecule has 0 aliphatic carbocycles. The minimum Gasteiger partial charge on any atom is -0.465 e. The van der Waals surface area contributed by atoms with Gasteiger partial charge in [0.2, 0.25) is 0 Å². The molecule has 0 saturated carbocycles. The number of rotatable bonds is 4. The molecule has 0 amide bonds. The monoisotopic (exact) mass is 294 g/mol. The largest absolute Gasteiger partial charge is 0.465 e.